The zero-order valence-corrected chi connectivity index (χ0v) is 10.1. The Kier molecular flexibility index (Phi) is 3.96. The van der Waals surface area contributed by atoms with Gasteiger partial charge in [0.1, 0.15) is 5.75 Å². The number of nitrogens with zero attached hydrogens (tertiary/aromatic N) is 1. The van der Waals surface area contributed by atoms with Crippen molar-refractivity contribution in [3.8, 4) is 5.75 Å². The van der Waals surface area contributed by atoms with Gasteiger partial charge in [0.05, 0.1) is 18.8 Å². The molecule has 2 rings (SSSR count). The molecule has 0 spiro atoms. The number of hydrogen-bond donors (Lipinski definition) is 2. The van der Waals surface area contributed by atoms with Crippen molar-refractivity contribution in [3.63, 3.8) is 0 Å². The first-order valence-electron chi connectivity index (χ1n) is 5.79. The van der Waals surface area contributed by atoms with Crippen LogP contribution < -0.4 is 10.1 Å². The van der Waals surface area contributed by atoms with Gasteiger partial charge in [-0.05, 0) is 37.3 Å². The summed E-state index contributed by atoms with van der Waals surface area (Å²) in [5, 5.41) is 9.40. The maximum absolute atomic E-state index is 11.8. The van der Waals surface area contributed by atoms with Gasteiger partial charge < -0.3 is 10.1 Å². The number of ether oxygens (including phenoxy) is 1. The number of benzene rings is 1. The van der Waals surface area contributed by atoms with Crippen molar-refractivity contribution in [3.05, 3.63) is 47.8 Å². The Bertz CT molecular complexity index is 491. The highest BCUT2D eigenvalue weighted by molar-refractivity contribution is 5.94. The second kappa shape index (κ2) is 5.86. The fourth-order valence-electron chi connectivity index (χ4n) is 1.53. The smallest absolute Gasteiger partial charge is 0.251 e. The molecule has 0 fully saturated rings. The second-order valence-electron chi connectivity index (χ2n) is 3.72. The number of aromatic amines is 1. The van der Waals surface area contributed by atoms with Crippen LogP contribution in [0.4, 0.5) is 0 Å². The van der Waals surface area contributed by atoms with Crippen molar-refractivity contribution in [1.82, 2.24) is 15.5 Å². The van der Waals surface area contributed by atoms with Crippen LogP contribution in [0.25, 0.3) is 0 Å². The van der Waals surface area contributed by atoms with E-state index in [1.54, 1.807) is 30.5 Å². The molecule has 1 aromatic heterocycles. The van der Waals surface area contributed by atoms with Gasteiger partial charge in [-0.25, -0.2) is 0 Å². The Labute approximate surface area is 105 Å². The van der Waals surface area contributed by atoms with E-state index in [-0.39, 0.29) is 5.91 Å². The van der Waals surface area contributed by atoms with Gasteiger partial charge in [-0.15, -0.1) is 0 Å². The highest BCUT2D eigenvalue weighted by atomic mass is 16.5. The van der Waals surface area contributed by atoms with E-state index in [1.807, 2.05) is 13.0 Å². The molecule has 0 radical (unpaired) electrons. The number of amides is 1. The normalized spacial score (nSPS) is 10.1. The molecule has 0 aliphatic heterocycles. The summed E-state index contributed by atoms with van der Waals surface area (Å²) in [4.78, 5) is 11.8. The molecule has 0 bridgehead atoms. The SMILES string of the molecule is CCOc1ccc(C(=O)NCc2ccn[nH]2)cc1. The lowest BCUT2D eigenvalue weighted by atomic mass is 10.2. The van der Waals surface area contributed by atoms with Crippen molar-refractivity contribution in [2.24, 2.45) is 0 Å². The summed E-state index contributed by atoms with van der Waals surface area (Å²) in [5.41, 5.74) is 1.48. The third kappa shape index (κ3) is 3.10. The van der Waals surface area contributed by atoms with Gasteiger partial charge >= 0.3 is 0 Å². The van der Waals surface area contributed by atoms with Gasteiger partial charge in [-0.2, -0.15) is 5.10 Å². The number of aromatic nitrogens is 2. The Morgan fingerprint density at radius 2 is 2.11 bits per heavy atom. The van der Waals surface area contributed by atoms with Gasteiger partial charge in [0, 0.05) is 11.8 Å². The molecule has 0 atom stereocenters. The van der Waals surface area contributed by atoms with Crippen LogP contribution >= 0.6 is 0 Å². The molecule has 0 saturated carbocycles. The highest BCUT2D eigenvalue weighted by Gasteiger charge is 2.05. The maximum atomic E-state index is 11.8. The van der Waals surface area contributed by atoms with Crippen LogP contribution in [-0.4, -0.2) is 22.7 Å². The van der Waals surface area contributed by atoms with Crippen molar-refractivity contribution in [2.75, 3.05) is 6.61 Å². The molecule has 2 N–H and O–H groups in total. The standard InChI is InChI=1S/C13H15N3O2/c1-2-18-12-5-3-10(4-6-12)13(17)14-9-11-7-8-15-16-11/h3-8H,2,9H2,1H3,(H,14,17)(H,15,16). The van der Waals surface area contributed by atoms with Crippen LogP contribution in [0.3, 0.4) is 0 Å². The Morgan fingerprint density at radius 1 is 1.33 bits per heavy atom. The van der Waals surface area contributed by atoms with Crippen molar-refractivity contribution in [2.45, 2.75) is 13.5 Å². The first-order valence-corrected chi connectivity index (χ1v) is 5.79. The number of H-pyrrole nitrogens is 1. The molecule has 0 unspecified atom stereocenters. The average Bonchev–Trinajstić information content (AvgIpc) is 2.90. The fraction of sp³-hybridized carbons (Fsp3) is 0.231. The van der Waals surface area contributed by atoms with Gasteiger partial charge in [-0.1, -0.05) is 0 Å². The van der Waals surface area contributed by atoms with E-state index in [1.165, 1.54) is 0 Å². The first-order chi connectivity index (χ1) is 8.79. The molecule has 0 aliphatic carbocycles. The van der Waals surface area contributed by atoms with Gasteiger partial charge in [0.15, 0.2) is 0 Å². The summed E-state index contributed by atoms with van der Waals surface area (Å²) >= 11 is 0. The average molecular weight is 245 g/mol. The van der Waals surface area contributed by atoms with Crippen molar-refractivity contribution < 1.29 is 9.53 Å². The van der Waals surface area contributed by atoms with Crippen LogP contribution in [-0.2, 0) is 6.54 Å². The Hall–Kier alpha value is -2.30. The van der Waals surface area contributed by atoms with Crippen LogP contribution in [0.15, 0.2) is 36.5 Å². The van der Waals surface area contributed by atoms with Gasteiger partial charge in [0.25, 0.3) is 5.91 Å². The molecule has 0 aliphatic rings. The summed E-state index contributed by atoms with van der Waals surface area (Å²) in [6.07, 6.45) is 1.65. The minimum absolute atomic E-state index is 0.118. The lowest BCUT2D eigenvalue weighted by molar-refractivity contribution is 0.0950. The van der Waals surface area contributed by atoms with Crippen molar-refractivity contribution in [1.29, 1.82) is 0 Å². The van der Waals surface area contributed by atoms with Crippen LogP contribution in [0.2, 0.25) is 0 Å². The molecule has 1 heterocycles. The van der Waals surface area contributed by atoms with E-state index in [4.69, 9.17) is 4.74 Å². The zero-order chi connectivity index (χ0) is 12.8. The van der Waals surface area contributed by atoms with E-state index >= 15 is 0 Å². The first kappa shape index (κ1) is 12.2. The lowest BCUT2D eigenvalue weighted by Gasteiger charge is -2.05. The molecule has 2 aromatic rings. The van der Waals surface area contributed by atoms with E-state index in [0.717, 1.165) is 11.4 Å². The fourth-order valence-corrected chi connectivity index (χ4v) is 1.53. The minimum Gasteiger partial charge on any atom is -0.494 e. The van der Waals surface area contributed by atoms with Gasteiger partial charge in [-0.3, -0.25) is 9.89 Å². The summed E-state index contributed by atoms with van der Waals surface area (Å²) in [7, 11) is 0. The van der Waals surface area contributed by atoms with E-state index < -0.39 is 0 Å². The minimum atomic E-state index is -0.118. The molecule has 18 heavy (non-hydrogen) atoms. The van der Waals surface area contributed by atoms with Crippen LogP contribution in [0.5, 0.6) is 5.75 Å². The summed E-state index contributed by atoms with van der Waals surface area (Å²) in [6.45, 7) is 2.97. The number of rotatable bonds is 5. The number of carbonyl (C=O) groups is 1. The molecule has 1 amide bonds. The molecule has 5 nitrogen and oxygen atoms in total. The largest absolute Gasteiger partial charge is 0.494 e. The van der Waals surface area contributed by atoms with E-state index in [0.29, 0.717) is 18.7 Å². The number of nitrogens with one attached hydrogen (secondary N) is 2. The Morgan fingerprint density at radius 3 is 2.72 bits per heavy atom. The number of carbonyl (C=O) groups excluding carboxylic acids is 1. The molecular formula is C13H15N3O2. The monoisotopic (exact) mass is 245 g/mol. The van der Waals surface area contributed by atoms with Crippen LogP contribution in [0, 0.1) is 0 Å². The van der Waals surface area contributed by atoms with Crippen molar-refractivity contribution >= 4 is 5.91 Å². The maximum Gasteiger partial charge on any atom is 0.251 e. The predicted molar refractivity (Wildman–Crippen MR) is 67.4 cm³/mol. The zero-order valence-electron chi connectivity index (χ0n) is 10.1. The van der Waals surface area contributed by atoms with Gasteiger partial charge in [0.2, 0.25) is 0 Å². The molecule has 5 heteroatoms. The second-order valence-corrected chi connectivity index (χ2v) is 3.72. The topological polar surface area (TPSA) is 67.0 Å². The Balaban J connectivity index is 1.92. The molecular weight excluding hydrogens is 230 g/mol. The molecule has 94 valence electrons. The quantitative estimate of drug-likeness (QED) is 0.843. The molecule has 1 aromatic carbocycles. The van der Waals surface area contributed by atoms with E-state index in [9.17, 15) is 4.79 Å². The van der Waals surface area contributed by atoms with Crippen LogP contribution in [0.1, 0.15) is 23.0 Å². The predicted octanol–water partition coefficient (Wildman–Crippen LogP) is 1.74. The third-order valence-corrected chi connectivity index (χ3v) is 2.43. The highest BCUT2D eigenvalue weighted by Crippen LogP contribution is 2.12. The van der Waals surface area contributed by atoms with E-state index in [2.05, 4.69) is 15.5 Å². The summed E-state index contributed by atoms with van der Waals surface area (Å²) in [5.74, 6) is 0.648. The molecule has 0 saturated heterocycles. The summed E-state index contributed by atoms with van der Waals surface area (Å²) in [6, 6.07) is 8.88. The number of hydrogen-bond acceptors (Lipinski definition) is 3. The third-order valence-electron chi connectivity index (χ3n) is 2.43. The summed E-state index contributed by atoms with van der Waals surface area (Å²) < 4.78 is 5.31. The lowest BCUT2D eigenvalue weighted by Crippen LogP contribution is -2.22.